The Hall–Kier alpha value is -1.96. The summed E-state index contributed by atoms with van der Waals surface area (Å²) in [6, 6.07) is 10.3. The average Bonchev–Trinajstić information content (AvgIpc) is 2.82. The molecular formula is C15H15NO. The van der Waals surface area contributed by atoms with Gasteiger partial charge in [-0.1, -0.05) is 24.3 Å². The van der Waals surface area contributed by atoms with Crippen LogP contribution in [-0.2, 0) is 0 Å². The van der Waals surface area contributed by atoms with Crippen LogP contribution in [0.5, 0.6) is 5.75 Å². The molecule has 2 nitrogen and oxygen atoms in total. The number of hydrogen-bond donors (Lipinski definition) is 1. The minimum Gasteiger partial charge on any atom is -0.497 e. The highest BCUT2D eigenvalue weighted by Gasteiger charge is 2.03. The van der Waals surface area contributed by atoms with Crippen LogP contribution in [-0.4, -0.2) is 12.1 Å². The Morgan fingerprint density at radius 3 is 2.82 bits per heavy atom. The van der Waals surface area contributed by atoms with E-state index in [4.69, 9.17) is 4.74 Å². The fourth-order valence-electron chi connectivity index (χ4n) is 2.24. The Kier molecular flexibility index (Phi) is 2.48. The molecule has 0 amide bonds. The van der Waals surface area contributed by atoms with E-state index in [0.717, 1.165) is 24.3 Å². The fourth-order valence-corrected chi connectivity index (χ4v) is 2.24. The molecule has 2 aromatic rings. The van der Waals surface area contributed by atoms with Gasteiger partial charge in [0.25, 0.3) is 0 Å². The normalized spacial score (nSPS) is 13.5. The zero-order valence-corrected chi connectivity index (χ0v) is 9.86. The van der Waals surface area contributed by atoms with Gasteiger partial charge in [0.2, 0.25) is 0 Å². The molecule has 1 aliphatic rings. The van der Waals surface area contributed by atoms with E-state index in [9.17, 15) is 0 Å². The largest absolute Gasteiger partial charge is 0.497 e. The number of nitrogens with one attached hydrogen (secondary N) is 1. The van der Waals surface area contributed by atoms with E-state index in [1.54, 1.807) is 7.11 Å². The number of aromatic nitrogens is 1. The highest BCUT2D eigenvalue weighted by Crippen LogP contribution is 2.20. The molecule has 0 fully saturated rings. The number of H-pyrrole nitrogens is 1. The second-order valence-electron chi connectivity index (χ2n) is 4.27. The molecule has 17 heavy (non-hydrogen) atoms. The maximum absolute atomic E-state index is 5.25. The van der Waals surface area contributed by atoms with Crippen LogP contribution in [0, 0.1) is 0 Å². The molecule has 86 valence electrons. The van der Waals surface area contributed by atoms with Crippen LogP contribution < -0.4 is 15.3 Å². The molecule has 1 aliphatic carbocycles. The summed E-state index contributed by atoms with van der Waals surface area (Å²) in [5.74, 6) is 0.892. The lowest BCUT2D eigenvalue weighted by atomic mass is 10.1. The predicted octanol–water partition coefficient (Wildman–Crippen LogP) is 2.05. The quantitative estimate of drug-likeness (QED) is 0.831. The fraction of sp³-hybridized carbons (Fsp3) is 0.200. The van der Waals surface area contributed by atoms with Gasteiger partial charge in [-0.15, -0.1) is 0 Å². The standard InChI is InChI=1S/C15H15NO/c1-17-13-7-4-6-11(9-13)15-10-12-5-2-3-8-14(12)16-15/h4-10,16H,2-3H2,1H3. The lowest BCUT2D eigenvalue weighted by Crippen LogP contribution is -2.23. The number of hydrogen-bond acceptors (Lipinski definition) is 1. The molecule has 0 spiro atoms. The maximum atomic E-state index is 5.25. The minimum atomic E-state index is 0.892. The van der Waals surface area contributed by atoms with Crippen LogP contribution in [0.15, 0.2) is 30.3 Å². The molecule has 0 atom stereocenters. The van der Waals surface area contributed by atoms with Crippen molar-refractivity contribution in [2.24, 2.45) is 0 Å². The Bertz CT molecular complexity index is 618. The molecule has 1 heterocycles. The van der Waals surface area contributed by atoms with Gasteiger partial charge in [-0.2, -0.15) is 0 Å². The summed E-state index contributed by atoms with van der Waals surface area (Å²) >= 11 is 0. The molecule has 2 heteroatoms. The van der Waals surface area contributed by atoms with Crippen molar-refractivity contribution in [1.29, 1.82) is 0 Å². The van der Waals surface area contributed by atoms with Gasteiger partial charge in [0.15, 0.2) is 0 Å². The van der Waals surface area contributed by atoms with Crippen molar-refractivity contribution in [2.75, 3.05) is 7.11 Å². The van der Waals surface area contributed by atoms with Gasteiger partial charge in [-0.25, -0.2) is 0 Å². The third-order valence-corrected chi connectivity index (χ3v) is 3.14. The maximum Gasteiger partial charge on any atom is 0.119 e. The first-order valence-corrected chi connectivity index (χ1v) is 5.90. The number of benzene rings is 1. The van der Waals surface area contributed by atoms with Crippen molar-refractivity contribution in [2.45, 2.75) is 12.8 Å². The van der Waals surface area contributed by atoms with E-state index in [1.165, 1.54) is 16.1 Å². The predicted molar refractivity (Wildman–Crippen MR) is 70.2 cm³/mol. The van der Waals surface area contributed by atoms with Crippen LogP contribution in [0.3, 0.4) is 0 Å². The summed E-state index contributed by atoms with van der Waals surface area (Å²) in [5.41, 5.74) is 2.32. The van der Waals surface area contributed by atoms with Gasteiger partial charge >= 0.3 is 0 Å². The summed E-state index contributed by atoms with van der Waals surface area (Å²) in [7, 11) is 1.69. The number of fused-ring (bicyclic) bond motifs is 1. The lowest BCUT2D eigenvalue weighted by Gasteiger charge is -2.02. The SMILES string of the molecule is COc1cccc(-c2cc3c([nH]2)=CCCC=3)c1. The van der Waals surface area contributed by atoms with Gasteiger partial charge in [0.1, 0.15) is 5.75 Å². The topological polar surface area (TPSA) is 25.0 Å². The van der Waals surface area contributed by atoms with E-state index >= 15 is 0 Å². The highest BCUT2D eigenvalue weighted by atomic mass is 16.5. The summed E-state index contributed by atoms with van der Waals surface area (Å²) in [6.07, 6.45) is 6.82. The van der Waals surface area contributed by atoms with Crippen molar-refractivity contribution < 1.29 is 4.74 Å². The molecule has 0 unspecified atom stereocenters. The van der Waals surface area contributed by atoms with Crippen molar-refractivity contribution in [1.82, 2.24) is 4.98 Å². The molecule has 0 saturated carbocycles. The summed E-state index contributed by atoms with van der Waals surface area (Å²) in [6.45, 7) is 0. The lowest BCUT2D eigenvalue weighted by molar-refractivity contribution is 0.415. The number of methoxy groups -OCH3 is 1. The molecule has 0 radical (unpaired) electrons. The first-order valence-electron chi connectivity index (χ1n) is 5.90. The third-order valence-electron chi connectivity index (χ3n) is 3.14. The van der Waals surface area contributed by atoms with Crippen LogP contribution in [0.1, 0.15) is 12.8 Å². The van der Waals surface area contributed by atoms with Crippen molar-refractivity contribution >= 4 is 12.2 Å². The van der Waals surface area contributed by atoms with Gasteiger partial charge in [0.05, 0.1) is 7.11 Å². The molecule has 0 bridgehead atoms. The smallest absolute Gasteiger partial charge is 0.119 e. The average molecular weight is 225 g/mol. The zero-order chi connectivity index (χ0) is 11.7. The van der Waals surface area contributed by atoms with E-state index < -0.39 is 0 Å². The second kappa shape index (κ2) is 4.13. The number of ether oxygens (including phenoxy) is 1. The summed E-state index contributed by atoms with van der Waals surface area (Å²) < 4.78 is 5.25. The van der Waals surface area contributed by atoms with Crippen molar-refractivity contribution in [3.63, 3.8) is 0 Å². The molecule has 1 N–H and O–H groups in total. The van der Waals surface area contributed by atoms with Crippen LogP contribution >= 0.6 is 0 Å². The Morgan fingerprint density at radius 2 is 2.00 bits per heavy atom. The van der Waals surface area contributed by atoms with Gasteiger partial charge in [0, 0.05) is 16.6 Å². The van der Waals surface area contributed by atoms with E-state index in [-0.39, 0.29) is 0 Å². The number of aromatic amines is 1. The van der Waals surface area contributed by atoms with Crippen LogP contribution in [0.4, 0.5) is 0 Å². The second-order valence-corrected chi connectivity index (χ2v) is 4.27. The van der Waals surface area contributed by atoms with Crippen molar-refractivity contribution in [3.05, 3.63) is 40.9 Å². The van der Waals surface area contributed by atoms with Gasteiger partial charge in [-0.05, 0) is 36.3 Å². The van der Waals surface area contributed by atoms with Gasteiger partial charge < -0.3 is 9.72 Å². The minimum absolute atomic E-state index is 0.892. The first kappa shape index (κ1) is 10.2. The van der Waals surface area contributed by atoms with E-state index in [0.29, 0.717) is 0 Å². The molecule has 1 aromatic carbocycles. The van der Waals surface area contributed by atoms with Crippen LogP contribution in [0.2, 0.25) is 0 Å². The summed E-state index contributed by atoms with van der Waals surface area (Å²) in [5, 5.41) is 2.56. The van der Waals surface area contributed by atoms with E-state index in [1.807, 2.05) is 12.1 Å². The first-order chi connectivity index (χ1) is 8.36. The monoisotopic (exact) mass is 225 g/mol. The number of rotatable bonds is 2. The van der Waals surface area contributed by atoms with Crippen molar-refractivity contribution in [3.8, 4) is 17.0 Å². The molecule has 1 aromatic heterocycles. The Labute approximate surface area is 100 Å². The zero-order valence-electron chi connectivity index (χ0n) is 9.86. The Balaban J connectivity index is 2.13. The highest BCUT2D eigenvalue weighted by molar-refractivity contribution is 5.62. The summed E-state index contributed by atoms with van der Waals surface area (Å²) in [4.78, 5) is 3.46. The Morgan fingerprint density at radius 1 is 1.12 bits per heavy atom. The van der Waals surface area contributed by atoms with E-state index in [2.05, 4.69) is 35.3 Å². The molecule has 3 rings (SSSR count). The van der Waals surface area contributed by atoms with Crippen LogP contribution in [0.25, 0.3) is 23.4 Å². The van der Waals surface area contributed by atoms with Gasteiger partial charge in [-0.3, -0.25) is 0 Å². The third kappa shape index (κ3) is 1.86. The molecule has 0 saturated heterocycles. The molecule has 0 aliphatic heterocycles. The molecular weight excluding hydrogens is 210 g/mol.